The second kappa shape index (κ2) is 8.08. The van der Waals surface area contributed by atoms with Crippen LogP contribution >= 0.6 is 0 Å². The van der Waals surface area contributed by atoms with E-state index in [1.54, 1.807) is 6.92 Å². The number of aromatic nitrogens is 2. The van der Waals surface area contributed by atoms with E-state index in [-0.39, 0.29) is 11.8 Å². The number of nitrogens with zero attached hydrogens (tertiary/aromatic N) is 3. The molecule has 2 aromatic rings. The quantitative estimate of drug-likeness (QED) is 0.893. The fraction of sp³-hybridized carbons (Fsp3) is 0.400. The van der Waals surface area contributed by atoms with E-state index in [0.717, 1.165) is 38.2 Å². The van der Waals surface area contributed by atoms with E-state index in [2.05, 4.69) is 22.1 Å². The summed E-state index contributed by atoms with van der Waals surface area (Å²) in [6.45, 7) is 3.21. The molecule has 1 saturated heterocycles. The van der Waals surface area contributed by atoms with Crippen LogP contribution < -0.4 is 5.73 Å². The highest BCUT2D eigenvalue weighted by molar-refractivity contribution is 5.93. The van der Waals surface area contributed by atoms with E-state index >= 15 is 0 Å². The van der Waals surface area contributed by atoms with Gasteiger partial charge in [0.1, 0.15) is 5.82 Å². The summed E-state index contributed by atoms with van der Waals surface area (Å²) < 4.78 is 0. The third-order valence-corrected chi connectivity index (χ3v) is 4.95. The third kappa shape index (κ3) is 4.25. The lowest BCUT2D eigenvalue weighted by atomic mass is 9.95. The number of benzene rings is 1. The zero-order chi connectivity index (χ0) is 18.5. The Morgan fingerprint density at radius 1 is 1.19 bits per heavy atom. The molecule has 26 heavy (non-hydrogen) atoms. The first-order chi connectivity index (χ1) is 12.5. The van der Waals surface area contributed by atoms with E-state index in [1.165, 1.54) is 11.8 Å². The van der Waals surface area contributed by atoms with Crippen LogP contribution in [0.2, 0.25) is 0 Å². The summed E-state index contributed by atoms with van der Waals surface area (Å²) in [6, 6.07) is 10.1. The molecule has 1 aliphatic rings. The van der Waals surface area contributed by atoms with E-state index in [9.17, 15) is 9.59 Å². The molecule has 3 rings (SSSR count). The molecule has 6 nitrogen and oxygen atoms in total. The summed E-state index contributed by atoms with van der Waals surface area (Å²) in [5.74, 6) is 0.652. The highest BCUT2D eigenvalue weighted by Gasteiger charge is 2.25. The predicted octanol–water partition coefficient (Wildman–Crippen LogP) is 2.22. The van der Waals surface area contributed by atoms with Crippen molar-refractivity contribution in [2.45, 2.75) is 38.5 Å². The van der Waals surface area contributed by atoms with E-state index in [1.807, 2.05) is 23.1 Å². The Bertz CT molecular complexity index is 784. The van der Waals surface area contributed by atoms with Gasteiger partial charge in [0.25, 0.3) is 5.91 Å². The van der Waals surface area contributed by atoms with Crippen molar-refractivity contribution in [1.29, 1.82) is 0 Å². The van der Waals surface area contributed by atoms with E-state index in [0.29, 0.717) is 17.7 Å². The van der Waals surface area contributed by atoms with Gasteiger partial charge in [-0.1, -0.05) is 30.3 Å². The maximum absolute atomic E-state index is 12.4. The fourth-order valence-electron chi connectivity index (χ4n) is 3.36. The number of piperidine rings is 1. The highest BCUT2D eigenvalue weighted by atomic mass is 16.2. The molecule has 0 atom stereocenters. The zero-order valence-corrected chi connectivity index (χ0v) is 15.0. The molecule has 1 fully saturated rings. The second-order valence-electron chi connectivity index (χ2n) is 6.73. The number of aryl methyl sites for hydroxylation is 2. The third-order valence-electron chi connectivity index (χ3n) is 4.95. The Labute approximate surface area is 153 Å². The summed E-state index contributed by atoms with van der Waals surface area (Å²) in [7, 11) is 0. The lowest BCUT2D eigenvalue weighted by Crippen LogP contribution is -2.38. The minimum absolute atomic E-state index is 0.202. The van der Waals surface area contributed by atoms with Crippen molar-refractivity contribution in [3.63, 3.8) is 0 Å². The summed E-state index contributed by atoms with van der Waals surface area (Å²) in [5.41, 5.74) is 7.47. The molecule has 0 saturated carbocycles. The van der Waals surface area contributed by atoms with Crippen LogP contribution in [0.25, 0.3) is 0 Å². The Morgan fingerprint density at radius 3 is 2.50 bits per heavy atom. The van der Waals surface area contributed by atoms with Gasteiger partial charge in [0.15, 0.2) is 0 Å². The molecule has 2 N–H and O–H groups in total. The van der Waals surface area contributed by atoms with Crippen LogP contribution in [-0.4, -0.2) is 39.8 Å². The van der Waals surface area contributed by atoms with Gasteiger partial charge in [0.2, 0.25) is 5.91 Å². The number of likely N-dealkylation sites (tertiary alicyclic amines) is 1. The Morgan fingerprint density at radius 2 is 1.88 bits per heavy atom. The Balaban J connectivity index is 1.53. The van der Waals surface area contributed by atoms with E-state index in [4.69, 9.17) is 5.73 Å². The lowest BCUT2D eigenvalue weighted by molar-refractivity contribution is -0.132. The van der Waals surface area contributed by atoms with Crippen LogP contribution in [0.15, 0.2) is 36.5 Å². The molecule has 2 amide bonds. The van der Waals surface area contributed by atoms with Crippen molar-refractivity contribution in [2.24, 2.45) is 5.73 Å². The predicted molar refractivity (Wildman–Crippen MR) is 98.6 cm³/mol. The number of rotatable bonds is 5. The van der Waals surface area contributed by atoms with Gasteiger partial charge in [-0.15, -0.1) is 0 Å². The first-order valence-corrected chi connectivity index (χ1v) is 8.99. The van der Waals surface area contributed by atoms with Crippen molar-refractivity contribution in [2.75, 3.05) is 13.1 Å². The number of amides is 2. The van der Waals surface area contributed by atoms with Gasteiger partial charge in [-0.3, -0.25) is 9.59 Å². The smallest absolute Gasteiger partial charge is 0.252 e. The Kier molecular flexibility index (Phi) is 5.61. The molecular formula is C20H24N4O2. The van der Waals surface area contributed by atoms with Gasteiger partial charge in [-0.05, 0) is 31.7 Å². The number of hydrogen-bond acceptors (Lipinski definition) is 4. The normalized spacial score (nSPS) is 15.0. The minimum Gasteiger partial charge on any atom is -0.365 e. The zero-order valence-electron chi connectivity index (χ0n) is 15.0. The minimum atomic E-state index is -0.507. The first-order valence-electron chi connectivity index (χ1n) is 8.99. The first kappa shape index (κ1) is 18.0. The second-order valence-corrected chi connectivity index (χ2v) is 6.73. The van der Waals surface area contributed by atoms with Crippen LogP contribution in [0.3, 0.4) is 0 Å². The standard InChI is InChI=1S/C20H24N4O2/c1-14-17(19(21)26)13-22-20(23-14)16-9-11-24(12-10-16)18(25)8-7-15-5-3-2-4-6-15/h2-6,13,16H,7-12H2,1H3,(H2,21,26). The van der Waals surface area contributed by atoms with Crippen molar-refractivity contribution in [3.05, 3.63) is 59.2 Å². The number of primary amides is 1. The van der Waals surface area contributed by atoms with Crippen LogP contribution in [0, 0.1) is 6.92 Å². The summed E-state index contributed by atoms with van der Waals surface area (Å²) >= 11 is 0. The SMILES string of the molecule is Cc1nc(C2CCN(C(=O)CCc3ccccc3)CC2)ncc1C(N)=O. The van der Waals surface area contributed by atoms with Crippen molar-refractivity contribution in [3.8, 4) is 0 Å². The molecule has 2 heterocycles. The maximum Gasteiger partial charge on any atom is 0.252 e. The number of carbonyl (C=O) groups is 2. The molecule has 0 spiro atoms. The average Bonchev–Trinajstić information content (AvgIpc) is 2.66. The topological polar surface area (TPSA) is 89.2 Å². The van der Waals surface area contributed by atoms with Gasteiger partial charge in [0, 0.05) is 31.6 Å². The van der Waals surface area contributed by atoms with Gasteiger partial charge in [-0.2, -0.15) is 0 Å². The lowest BCUT2D eigenvalue weighted by Gasteiger charge is -2.31. The molecule has 1 aromatic carbocycles. The average molecular weight is 352 g/mol. The molecule has 136 valence electrons. The maximum atomic E-state index is 12.4. The molecule has 0 aliphatic carbocycles. The van der Waals surface area contributed by atoms with Gasteiger partial charge >= 0.3 is 0 Å². The van der Waals surface area contributed by atoms with Gasteiger partial charge in [0.05, 0.1) is 11.3 Å². The summed E-state index contributed by atoms with van der Waals surface area (Å²) in [5, 5.41) is 0. The van der Waals surface area contributed by atoms with Crippen LogP contribution in [0.1, 0.15) is 52.6 Å². The number of nitrogens with two attached hydrogens (primary N) is 1. The van der Waals surface area contributed by atoms with Crippen molar-refractivity contribution >= 4 is 11.8 Å². The molecule has 0 radical (unpaired) electrons. The molecule has 0 bridgehead atoms. The van der Waals surface area contributed by atoms with Crippen molar-refractivity contribution in [1.82, 2.24) is 14.9 Å². The molecule has 1 aromatic heterocycles. The van der Waals surface area contributed by atoms with Crippen LogP contribution in [-0.2, 0) is 11.2 Å². The molecular weight excluding hydrogens is 328 g/mol. The van der Waals surface area contributed by atoms with Crippen LogP contribution in [0.4, 0.5) is 0 Å². The Hall–Kier alpha value is -2.76. The van der Waals surface area contributed by atoms with E-state index < -0.39 is 5.91 Å². The monoisotopic (exact) mass is 352 g/mol. The highest BCUT2D eigenvalue weighted by Crippen LogP contribution is 2.26. The van der Waals surface area contributed by atoms with Gasteiger partial charge in [-0.25, -0.2) is 9.97 Å². The molecule has 1 aliphatic heterocycles. The number of carbonyl (C=O) groups excluding carboxylic acids is 2. The molecule has 0 unspecified atom stereocenters. The van der Waals surface area contributed by atoms with Gasteiger partial charge < -0.3 is 10.6 Å². The summed E-state index contributed by atoms with van der Waals surface area (Å²) in [4.78, 5) is 34.4. The van der Waals surface area contributed by atoms with Crippen molar-refractivity contribution < 1.29 is 9.59 Å². The van der Waals surface area contributed by atoms with Crippen LogP contribution in [0.5, 0.6) is 0 Å². The fourth-order valence-corrected chi connectivity index (χ4v) is 3.36. The number of hydrogen-bond donors (Lipinski definition) is 1. The summed E-state index contributed by atoms with van der Waals surface area (Å²) in [6.07, 6.45) is 4.50. The largest absolute Gasteiger partial charge is 0.365 e. The molecule has 6 heteroatoms.